The van der Waals surface area contributed by atoms with E-state index >= 15 is 0 Å². The van der Waals surface area contributed by atoms with Crippen LogP contribution in [-0.4, -0.2) is 24.5 Å². The fourth-order valence-electron chi connectivity index (χ4n) is 2.77. The number of nitrogens with one attached hydrogen (secondary N) is 1. The summed E-state index contributed by atoms with van der Waals surface area (Å²) < 4.78 is 5.33. The van der Waals surface area contributed by atoms with Gasteiger partial charge in [0, 0.05) is 17.5 Å². The maximum Gasteiger partial charge on any atom is 0.226 e. The average Bonchev–Trinajstić information content (AvgIpc) is 3.10. The molecular weight excluding hydrogens is 344 g/mol. The molecule has 0 atom stereocenters. The van der Waals surface area contributed by atoms with Gasteiger partial charge in [0.25, 0.3) is 0 Å². The number of aromatic nitrogens is 1. The molecule has 134 valence electrons. The van der Waals surface area contributed by atoms with Crippen LogP contribution < -0.4 is 10.1 Å². The molecule has 4 nitrogen and oxygen atoms in total. The van der Waals surface area contributed by atoms with Crippen molar-refractivity contribution < 1.29 is 9.53 Å². The van der Waals surface area contributed by atoms with Gasteiger partial charge in [0.05, 0.1) is 19.2 Å². The minimum atomic E-state index is -0.0130. The minimum Gasteiger partial charge on any atom is -0.496 e. The van der Waals surface area contributed by atoms with E-state index in [0.29, 0.717) is 13.0 Å². The van der Waals surface area contributed by atoms with E-state index in [1.807, 2.05) is 41.8 Å². The molecule has 0 aliphatic carbocycles. The molecule has 0 unspecified atom stereocenters. The summed E-state index contributed by atoms with van der Waals surface area (Å²) in [5, 5.41) is 5.86. The molecule has 26 heavy (non-hydrogen) atoms. The zero-order valence-corrected chi connectivity index (χ0v) is 15.8. The Hall–Kier alpha value is -2.66. The molecule has 0 bridgehead atoms. The monoisotopic (exact) mass is 366 g/mol. The number of aryl methyl sites for hydroxylation is 1. The number of carbonyl (C=O) groups excluding carboxylic acids is 1. The standard InChI is InChI=1S/C21H22N2O2S/c1-15-6-5-8-17(12-15)21-23-18(14-26-21)13-20(24)22-11-10-16-7-3-4-9-19(16)25-2/h3-9,12,14H,10-11,13H2,1-2H3,(H,22,24). The molecule has 0 aliphatic rings. The lowest BCUT2D eigenvalue weighted by atomic mass is 10.1. The first kappa shape index (κ1) is 18.1. The topological polar surface area (TPSA) is 51.2 Å². The Morgan fingerprint density at radius 3 is 2.85 bits per heavy atom. The Morgan fingerprint density at radius 1 is 1.19 bits per heavy atom. The molecule has 0 fully saturated rings. The van der Waals surface area contributed by atoms with Gasteiger partial charge >= 0.3 is 0 Å². The first-order chi connectivity index (χ1) is 12.7. The van der Waals surface area contributed by atoms with Crippen LogP contribution in [-0.2, 0) is 17.6 Å². The van der Waals surface area contributed by atoms with E-state index in [-0.39, 0.29) is 5.91 Å². The highest BCUT2D eigenvalue weighted by atomic mass is 32.1. The molecule has 0 radical (unpaired) electrons. The molecule has 0 aliphatic heterocycles. The molecule has 1 heterocycles. The Balaban J connectivity index is 1.52. The van der Waals surface area contributed by atoms with Crippen LogP contribution in [0.4, 0.5) is 0 Å². The van der Waals surface area contributed by atoms with Gasteiger partial charge in [0.2, 0.25) is 5.91 Å². The van der Waals surface area contributed by atoms with Crippen molar-refractivity contribution in [1.29, 1.82) is 0 Å². The largest absolute Gasteiger partial charge is 0.496 e. The second-order valence-corrected chi connectivity index (χ2v) is 6.96. The van der Waals surface area contributed by atoms with Crippen LogP contribution >= 0.6 is 11.3 Å². The van der Waals surface area contributed by atoms with Crippen LogP contribution in [0.2, 0.25) is 0 Å². The third-order valence-electron chi connectivity index (χ3n) is 4.07. The van der Waals surface area contributed by atoms with Crippen LogP contribution in [0.1, 0.15) is 16.8 Å². The summed E-state index contributed by atoms with van der Waals surface area (Å²) in [4.78, 5) is 16.8. The highest BCUT2D eigenvalue weighted by molar-refractivity contribution is 7.13. The zero-order valence-electron chi connectivity index (χ0n) is 15.0. The quantitative estimate of drug-likeness (QED) is 0.687. The van der Waals surface area contributed by atoms with E-state index in [0.717, 1.165) is 34.0 Å². The number of methoxy groups -OCH3 is 1. The van der Waals surface area contributed by atoms with Gasteiger partial charge in [0.15, 0.2) is 0 Å². The van der Waals surface area contributed by atoms with Crippen molar-refractivity contribution in [2.45, 2.75) is 19.8 Å². The third-order valence-corrected chi connectivity index (χ3v) is 5.01. The van der Waals surface area contributed by atoms with Crippen LogP contribution in [0.15, 0.2) is 53.9 Å². The SMILES string of the molecule is COc1ccccc1CCNC(=O)Cc1csc(-c2cccc(C)c2)n1. The number of amides is 1. The number of thiazole rings is 1. The Bertz CT molecular complexity index is 889. The van der Waals surface area contributed by atoms with E-state index in [1.165, 1.54) is 5.56 Å². The summed E-state index contributed by atoms with van der Waals surface area (Å²) in [6.45, 7) is 2.64. The van der Waals surface area contributed by atoms with Crippen LogP contribution in [0.5, 0.6) is 5.75 Å². The van der Waals surface area contributed by atoms with Crippen molar-refractivity contribution in [2.24, 2.45) is 0 Å². The van der Waals surface area contributed by atoms with E-state index < -0.39 is 0 Å². The lowest BCUT2D eigenvalue weighted by Gasteiger charge is -2.08. The predicted octanol–water partition coefficient (Wildman–Crippen LogP) is 4.03. The molecule has 1 amide bonds. The Morgan fingerprint density at radius 2 is 2.04 bits per heavy atom. The first-order valence-electron chi connectivity index (χ1n) is 8.56. The fraction of sp³-hybridized carbons (Fsp3) is 0.238. The summed E-state index contributed by atoms with van der Waals surface area (Å²) in [7, 11) is 1.66. The highest BCUT2D eigenvalue weighted by Crippen LogP contribution is 2.24. The van der Waals surface area contributed by atoms with E-state index in [1.54, 1.807) is 18.4 Å². The summed E-state index contributed by atoms with van der Waals surface area (Å²) in [5.74, 6) is 0.838. The second-order valence-electron chi connectivity index (χ2n) is 6.10. The Kier molecular flexibility index (Phi) is 6.02. The fourth-order valence-corrected chi connectivity index (χ4v) is 3.59. The number of rotatable bonds is 7. The molecule has 0 saturated heterocycles. The van der Waals surface area contributed by atoms with E-state index in [4.69, 9.17) is 4.74 Å². The summed E-state index contributed by atoms with van der Waals surface area (Å²) in [5.41, 5.74) is 4.19. The van der Waals surface area contributed by atoms with Crippen molar-refractivity contribution in [3.8, 4) is 16.3 Å². The van der Waals surface area contributed by atoms with Gasteiger partial charge in [-0.3, -0.25) is 4.79 Å². The molecule has 1 aromatic heterocycles. The van der Waals surface area contributed by atoms with Crippen molar-refractivity contribution in [3.05, 3.63) is 70.7 Å². The number of carbonyl (C=O) groups is 1. The number of ether oxygens (including phenoxy) is 1. The normalized spacial score (nSPS) is 10.5. The molecule has 0 spiro atoms. The number of nitrogens with zero attached hydrogens (tertiary/aromatic N) is 1. The van der Waals surface area contributed by atoms with Crippen LogP contribution in [0.3, 0.4) is 0 Å². The van der Waals surface area contributed by atoms with Crippen LogP contribution in [0, 0.1) is 6.92 Å². The zero-order chi connectivity index (χ0) is 18.4. The molecule has 5 heteroatoms. The van der Waals surface area contributed by atoms with Crippen molar-refractivity contribution >= 4 is 17.2 Å². The maximum atomic E-state index is 12.2. The summed E-state index contributed by atoms with van der Waals surface area (Å²) >= 11 is 1.57. The number of hydrogen-bond acceptors (Lipinski definition) is 4. The van der Waals surface area contributed by atoms with Gasteiger partial charge in [0.1, 0.15) is 10.8 Å². The second kappa shape index (κ2) is 8.63. The van der Waals surface area contributed by atoms with Crippen LogP contribution in [0.25, 0.3) is 10.6 Å². The predicted molar refractivity (Wildman–Crippen MR) is 106 cm³/mol. The number of para-hydroxylation sites is 1. The number of hydrogen-bond donors (Lipinski definition) is 1. The van der Waals surface area contributed by atoms with Gasteiger partial charge < -0.3 is 10.1 Å². The van der Waals surface area contributed by atoms with Gasteiger partial charge in [-0.15, -0.1) is 11.3 Å². The van der Waals surface area contributed by atoms with Gasteiger partial charge in [-0.25, -0.2) is 4.98 Å². The molecule has 2 aromatic carbocycles. The third kappa shape index (κ3) is 4.70. The minimum absolute atomic E-state index is 0.0130. The molecule has 0 saturated carbocycles. The lowest BCUT2D eigenvalue weighted by Crippen LogP contribution is -2.27. The van der Waals surface area contributed by atoms with Crippen molar-refractivity contribution in [1.82, 2.24) is 10.3 Å². The molecule has 1 N–H and O–H groups in total. The smallest absolute Gasteiger partial charge is 0.226 e. The van der Waals surface area contributed by atoms with Crippen molar-refractivity contribution in [3.63, 3.8) is 0 Å². The maximum absolute atomic E-state index is 12.2. The van der Waals surface area contributed by atoms with Gasteiger partial charge in [-0.2, -0.15) is 0 Å². The van der Waals surface area contributed by atoms with E-state index in [9.17, 15) is 4.79 Å². The highest BCUT2D eigenvalue weighted by Gasteiger charge is 2.09. The van der Waals surface area contributed by atoms with Gasteiger partial charge in [-0.1, -0.05) is 42.0 Å². The van der Waals surface area contributed by atoms with Gasteiger partial charge in [-0.05, 0) is 31.0 Å². The summed E-state index contributed by atoms with van der Waals surface area (Å²) in [6, 6.07) is 16.1. The summed E-state index contributed by atoms with van der Waals surface area (Å²) in [6.07, 6.45) is 1.04. The Labute approximate surface area is 157 Å². The lowest BCUT2D eigenvalue weighted by molar-refractivity contribution is -0.120. The molecule has 3 aromatic rings. The van der Waals surface area contributed by atoms with E-state index in [2.05, 4.69) is 29.4 Å². The van der Waals surface area contributed by atoms with Crippen molar-refractivity contribution in [2.75, 3.05) is 13.7 Å². The first-order valence-corrected chi connectivity index (χ1v) is 9.43. The number of benzene rings is 2. The molecular formula is C21H22N2O2S. The average molecular weight is 366 g/mol. The molecule has 3 rings (SSSR count).